The fraction of sp³-hybridized carbons (Fsp3) is 0.538. The molecular formula is C13H19Cl2FN2O2S. The van der Waals surface area contributed by atoms with Crippen LogP contribution in [0.3, 0.4) is 0 Å². The number of hydrogen-bond acceptors (Lipinski definition) is 3. The summed E-state index contributed by atoms with van der Waals surface area (Å²) in [6.45, 7) is 0.207. The van der Waals surface area contributed by atoms with E-state index >= 15 is 0 Å². The summed E-state index contributed by atoms with van der Waals surface area (Å²) >= 11 is 5.63. The summed E-state index contributed by atoms with van der Waals surface area (Å²) in [6, 6.07) is 3.16. The van der Waals surface area contributed by atoms with Crippen LogP contribution in [-0.2, 0) is 10.0 Å². The van der Waals surface area contributed by atoms with E-state index in [0.717, 1.165) is 31.7 Å². The van der Waals surface area contributed by atoms with Crippen LogP contribution in [0.4, 0.5) is 4.39 Å². The number of halogens is 3. The molecule has 0 saturated heterocycles. The Morgan fingerprint density at radius 2 is 2.00 bits per heavy atom. The molecule has 21 heavy (non-hydrogen) atoms. The van der Waals surface area contributed by atoms with Crippen LogP contribution < -0.4 is 10.5 Å². The molecule has 1 atom stereocenters. The molecule has 1 aromatic carbocycles. The molecule has 8 heteroatoms. The largest absolute Gasteiger partial charge is 0.329 e. The van der Waals surface area contributed by atoms with Gasteiger partial charge in [0.05, 0.1) is 0 Å². The van der Waals surface area contributed by atoms with Crippen molar-refractivity contribution in [3.05, 3.63) is 29.0 Å². The van der Waals surface area contributed by atoms with Gasteiger partial charge < -0.3 is 5.73 Å². The van der Waals surface area contributed by atoms with Gasteiger partial charge in [-0.1, -0.05) is 24.4 Å². The first-order valence-corrected chi connectivity index (χ1v) is 8.47. The molecule has 0 spiro atoms. The second kappa shape index (κ2) is 7.74. The monoisotopic (exact) mass is 356 g/mol. The van der Waals surface area contributed by atoms with E-state index in [-0.39, 0.29) is 35.9 Å². The first-order chi connectivity index (χ1) is 9.44. The minimum absolute atomic E-state index is 0. The third-order valence-electron chi connectivity index (χ3n) is 3.71. The van der Waals surface area contributed by atoms with Crippen molar-refractivity contribution in [3.8, 4) is 0 Å². The van der Waals surface area contributed by atoms with E-state index in [9.17, 15) is 12.8 Å². The van der Waals surface area contributed by atoms with Gasteiger partial charge in [-0.2, -0.15) is 0 Å². The summed E-state index contributed by atoms with van der Waals surface area (Å²) in [5.74, 6) is -0.627. The second-order valence-corrected chi connectivity index (χ2v) is 7.20. The van der Waals surface area contributed by atoms with Gasteiger partial charge in [0, 0.05) is 17.6 Å². The molecule has 1 fully saturated rings. The standard InChI is InChI=1S/C13H18ClFN2O2S.ClH/c14-10-5-6-13(11(15)7-10)20(18,19)17-12(8-16)9-3-1-2-4-9;/h5-7,9,12,17H,1-4,8,16H2;1H. The summed E-state index contributed by atoms with van der Waals surface area (Å²) in [7, 11) is -3.92. The Labute approximate surface area is 135 Å². The van der Waals surface area contributed by atoms with Gasteiger partial charge in [-0.3, -0.25) is 0 Å². The molecule has 4 nitrogen and oxygen atoms in total. The van der Waals surface area contributed by atoms with Gasteiger partial charge in [0.2, 0.25) is 10.0 Å². The predicted octanol–water partition coefficient (Wildman–Crippen LogP) is 2.70. The second-order valence-electron chi connectivity index (χ2n) is 5.08. The fourth-order valence-electron chi connectivity index (χ4n) is 2.65. The van der Waals surface area contributed by atoms with Gasteiger partial charge in [0.1, 0.15) is 10.7 Å². The van der Waals surface area contributed by atoms with Crippen molar-refractivity contribution in [1.29, 1.82) is 0 Å². The van der Waals surface area contributed by atoms with Gasteiger partial charge in [-0.05, 0) is 37.0 Å². The Bertz CT molecular complexity index is 578. The summed E-state index contributed by atoms with van der Waals surface area (Å²) in [6.07, 6.45) is 4.07. The molecule has 0 aromatic heterocycles. The summed E-state index contributed by atoms with van der Waals surface area (Å²) in [4.78, 5) is -0.390. The van der Waals surface area contributed by atoms with E-state index in [1.807, 2.05) is 0 Å². The SMILES string of the molecule is Cl.NCC(NS(=O)(=O)c1ccc(Cl)cc1F)C1CCCC1. The van der Waals surface area contributed by atoms with Crippen molar-refractivity contribution in [1.82, 2.24) is 4.72 Å². The normalized spacial score (nSPS) is 17.5. The highest BCUT2D eigenvalue weighted by molar-refractivity contribution is 7.89. The number of benzene rings is 1. The topological polar surface area (TPSA) is 72.2 Å². The lowest BCUT2D eigenvalue weighted by molar-refractivity contribution is 0.404. The molecule has 3 N–H and O–H groups in total. The Morgan fingerprint density at radius 1 is 1.38 bits per heavy atom. The molecule has 2 rings (SSSR count). The molecular weight excluding hydrogens is 338 g/mol. The molecule has 1 aliphatic carbocycles. The minimum Gasteiger partial charge on any atom is -0.329 e. The highest BCUT2D eigenvalue weighted by atomic mass is 35.5. The van der Waals surface area contributed by atoms with E-state index < -0.39 is 20.7 Å². The summed E-state index contributed by atoms with van der Waals surface area (Å²) < 4.78 is 40.7. The molecule has 120 valence electrons. The highest BCUT2D eigenvalue weighted by Crippen LogP contribution is 2.28. The molecule has 0 aliphatic heterocycles. The molecule has 1 aliphatic rings. The highest BCUT2D eigenvalue weighted by Gasteiger charge is 2.29. The van der Waals surface area contributed by atoms with Gasteiger partial charge in [-0.15, -0.1) is 12.4 Å². The van der Waals surface area contributed by atoms with Crippen LogP contribution in [0.25, 0.3) is 0 Å². The van der Waals surface area contributed by atoms with E-state index in [2.05, 4.69) is 4.72 Å². The number of nitrogens with two attached hydrogens (primary N) is 1. The zero-order chi connectivity index (χ0) is 14.8. The van der Waals surface area contributed by atoms with Crippen LogP contribution in [0.5, 0.6) is 0 Å². The van der Waals surface area contributed by atoms with E-state index in [0.29, 0.717) is 0 Å². The Balaban J connectivity index is 0.00000220. The summed E-state index contributed by atoms with van der Waals surface area (Å²) in [5.41, 5.74) is 5.66. The maximum Gasteiger partial charge on any atom is 0.243 e. The van der Waals surface area contributed by atoms with Crippen LogP contribution in [0.1, 0.15) is 25.7 Å². The van der Waals surface area contributed by atoms with E-state index in [1.165, 1.54) is 12.1 Å². The van der Waals surface area contributed by atoms with Crippen LogP contribution in [0, 0.1) is 11.7 Å². The van der Waals surface area contributed by atoms with Crippen LogP contribution >= 0.6 is 24.0 Å². The molecule has 1 saturated carbocycles. The minimum atomic E-state index is -3.92. The van der Waals surface area contributed by atoms with Gasteiger partial charge in [0.15, 0.2) is 0 Å². The van der Waals surface area contributed by atoms with Crippen molar-refractivity contribution in [2.75, 3.05) is 6.54 Å². The van der Waals surface area contributed by atoms with Gasteiger partial charge in [0.25, 0.3) is 0 Å². The predicted molar refractivity (Wildman–Crippen MR) is 83.8 cm³/mol. The van der Waals surface area contributed by atoms with Crippen molar-refractivity contribution >= 4 is 34.0 Å². The van der Waals surface area contributed by atoms with E-state index in [1.54, 1.807) is 0 Å². The van der Waals surface area contributed by atoms with Crippen molar-refractivity contribution < 1.29 is 12.8 Å². The summed E-state index contributed by atoms with van der Waals surface area (Å²) in [5, 5.41) is 0.160. The van der Waals surface area contributed by atoms with Gasteiger partial charge >= 0.3 is 0 Å². The van der Waals surface area contributed by atoms with Crippen LogP contribution in [0.15, 0.2) is 23.1 Å². The average molecular weight is 357 g/mol. The quantitative estimate of drug-likeness (QED) is 0.851. The number of sulfonamides is 1. The molecule has 0 heterocycles. The lowest BCUT2D eigenvalue weighted by Crippen LogP contribution is -2.44. The number of nitrogens with one attached hydrogen (secondary N) is 1. The maximum atomic E-state index is 13.7. The third-order valence-corrected chi connectivity index (χ3v) is 5.47. The zero-order valence-electron chi connectivity index (χ0n) is 11.4. The molecule has 1 unspecified atom stereocenters. The Hall–Kier alpha value is -0.400. The van der Waals surface area contributed by atoms with Crippen LogP contribution in [0.2, 0.25) is 5.02 Å². The first-order valence-electron chi connectivity index (χ1n) is 6.61. The average Bonchev–Trinajstić information content (AvgIpc) is 2.89. The van der Waals surface area contributed by atoms with E-state index in [4.69, 9.17) is 17.3 Å². The van der Waals surface area contributed by atoms with Gasteiger partial charge in [-0.25, -0.2) is 17.5 Å². The number of hydrogen-bond donors (Lipinski definition) is 2. The maximum absolute atomic E-state index is 13.7. The fourth-order valence-corrected chi connectivity index (χ4v) is 4.19. The van der Waals surface area contributed by atoms with Crippen molar-refractivity contribution in [3.63, 3.8) is 0 Å². The Morgan fingerprint density at radius 3 is 2.52 bits per heavy atom. The molecule has 1 aromatic rings. The first kappa shape index (κ1) is 18.6. The van der Waals surface area contributed by atoms with Crippen LogP contribution in [-0.4, -0.2) is 21.0 Å². The lowest BCUT2D eigenvalue weighted by atomic mass is 9.99. The third kappa shape index (κ3) is 4.53. The van der Waals surface area contributed by atoms with Crippen molar-refractivity contribution in [2.24, 2.45) is 11.7 Å². The molecule has 0 amide bonds. The smallest absolute Gasteiger partial charge is 0.243 e. The Kier molecular flexibility index (Phi) is 6.87. The molecule has 0 radical (unpaired) electrons. The van der Waals surface area contributed by atoms with Crippen molar-refractivity contribution in [2.45, 2.75) is 36.6 Å². The lowest BCUT2D eigenvalue weighted by Gasteiger charge is -2.23. The molecule has 0 bridgehead atoms. The zero-order valence-corrected chi connectivity index (χ0v) is 13.8. The number of rotatable bonds is 5.